The molecular weight excluding hydrogens is 312 g/mol. The molecule has 4 N–H and O–H groups in total. The maximum Gasteiger partial charge on any atom is 0.225 e. The lowest BCUT2D eigenvalue weighted by Crippen LogP contribution is -2.10. The van der Waals surface area contributed by atoms with Crippen LogP contribution in [0.1, 0.15) is 5.69 Å². The van der Waals surface area contributed by atoms with Gasteiger partial charge in [-0.3, -0.25) is 4.98 Å². The molecular formula is C19H18N6. The van der Waals surface area contributed by atoms with E-state index in [0.29, 0.717) is 18.3 Å². The first-order valence-corrected chi connectivity index (χ1v) is 8.14. The molecule has 0 spiro atoms. The third-order valence-corrected chi connectivity index (χ3v) is 4.01. The number of hydrogen-bond acceptors (Lipinski definition) is 5. The van der Waals surface area contributed by atoms with E-state index in [1.165, 1.54) is 0 Å². The number of H-pyrrole nitrogens is 1. The lowest BCUT2D eigenvalue weighted by atomic mass is 10.1. The molecule has 0 saturated carbocycles. The predicted molar refractivity (Wildman–Crippen MR) is 100 cm³/mol. The first-order valence-electron chi connectivity index (χ1n) is 8.14. The van der Waals surface area contributed by atoms with Crippen molar-refractivity contribution in [1.82, 2.24) is 19.9 Å². The van der Waals surface area contributed by atoms with Crippen LogP contribution in [0.25, 0.3) is 22.2 Å². The Morgan fingerprint density at radius 2 is 2.00 bits per heavy atom. The molecule has 3 aromatic heterocycles. The van der Waals surface area contributed by atoms with Crippen LogP contribution in [-0.4, -0.2) is 26.5 Å². The molecule has 25 heavy (non-hydrogen) atoms. The van der Waals surface area contributed by atoms with E-state index in [2.05, 4.69) is 25.3 Å². The molecule has 0 bridgehead atoms. The van der Waals surface area contributed by atoms with E-state index in [4.69, 9.17) is 5.73 Å². The van der Waals surface area contributed by atoms with Gasteiger partial charge in [-0.05, 0) is 24.3 Å². The van der Waals surface area contributed by atoms with Gasteiger partial charge in [-0.1, -0.05) is 18.2 Å². The highest BCUT2D eigenvalue weighted by molar-refractivity contribution is 5.94. The van der Waals surface area contributed by atoms with Gasteiger partial charge in [0.25, 0.3) is 0 Å². The summed E-state index contributed by atoms with van der Waals surface area (Å²) < 4.78 is 0. The van der Waals surface area contributed by atoms with Gasteiger partial charge >= 0.3 is 0 Å². The Bertz CT molecular complexity index is 993. The van der Waals surface area contributed by atoms with Crippen LogP contribution in [0.5, 0.6) is 0 Å². The zero-order valence-electron chi connectivity index (χ0n) is 13.6. The molecule has 124 valence electrons. The first-order chi connectivity index (χ1) is 12.3. The van der Waals surface area contributed by atoms with Crippen molar-refractivity contribution in [2.24, 2.45) is 0 Å². The van der Waals surface area contributed by atoms with Gasteiger partial charge in [0, 0.05) is 53.6 Å². The number of benzene rings is 1. The summed E-state index contributed by atoms with van der Waals surface area (Å²) in [6.45, 7) is 0.689. The van der Waals surface area contributed by atoms with Crippen molar-refractivity contribution in [1.29, 1.82) is 0 Å². The summed E-state index contributed by atoms with van der Waals surface area (Å²) in [7, 11) is 0. The Balaban J connectivity index is 1.57. The summed E-state index contributed by atoms with van der Waals surface area (Å²) in [5, 5.41) is 4.35. The number of aromatic amines is 1. The normalized spacial score (nSPS) is 10.9. The fraction of sp³-hybridized carbons (Fsp3) is 0.105. The number of anilines is 2. The number of pyridine rings is 1. The third kappa shape index (κ3) is 3.28. The van der Waals surface area contributed by atoms with Crippen LogP contribution in [0.15, 0.2) is 60.9 Å². The number of hydrogen-bond donors (Lipinski definition) is 3. The van der Waals surface area contributed by atoms with E-state index in [9.17, 15) is 0 Å². The van der Waals surface area contributed by atoms with Gasteiger partial charge in [-0.15, -0.1) is 0 Å². The molecule has 4 rings (SSSR count). The van der Waals surface area contributed by atoms with Crippen LogP contribution in [0.2, 0.25) is 0 Å². The molecule has 0 saturated heterocycles. The highest BCUT2D eigenvalue weighted by Crippen LogP contribution is 2.28. The summed E-state index contributed by atoms with van der Waals surface area (Å²) in [6, 6.07) is 15.8. The van der Waals surface area contributed by atoms with E-state index in [1.807, 2.05) is 48.7 Å². The largest absolute Gasteiger partial charge is 0.384 e. The zero-order chi connectivity index (χ0) is 17.1. The predicted octanol–water partition coefficient (Wildman–Crippen LogP) is 3.26. The van der Waals surface area contributed by atoms with Crippen LogP contribution >= 0.6 is 0 Å². The molecule has 0 aliphatic rings. The van der Waals surface area contributed by atoms with Gasteiger partial charge in [0.2, 0.25) is 5.95 Å². The second kappa shape index (κ2) is 6.60. The van der Waals surface area contributed by atoms with E-state index in [0.717, 1.165) is 34.3 Å². The Morgan fingerprint density at radius 3 is 2.88 bits per heavy atom. The van der Waals surface area contributed by atoms with E-state index in [1.54, 1.807) is 12.3 Å². The van der Waals surface area contributed by atoms with Crippen molar-refractivity contribution >= 4 is 22.7 Å². The molecule has 6 nitrogen and oxygen atoms in total. The summed E-state index contributed by atoms with van der Waals surface area (Å²) in [5.74, 6) is 0.969. The molecule has 0 fully saturated rings. The van der Waals surface area contributed by atoms with Gasteiger partial charge in [-0.2, -0.15) is 4.98 Å². The minimum atomic E-state index is 0.442. The summed E-state index contributed by atoms with van der Waals surface area (Å²) in [4.78, 5) is 16.4. The van der Waals surface area contributed by atoms with Crippen molar-refractivity contribution in [3.05, 3.63) is 66.6 Å². The molecule has 1 aromatic carbocycles. The Labute approximate surface area is 145 Å². The minimum Gasteiger partial charge on any atom is -0.384 e. The minimum absolute atomic E-state index is 0.442. The average Bonchev–Trinajstić information content (AvgIpc) is 3.11. The number of nitrogens with one attached hydrogen (secondary N) is 2. The fourth-order valence-corrected chi connectivity index (χ4v) is 2.84. The molecule has 0 amide bonds. The van der Waals surface area contributed by atoms with Gasteiger partial charge in [0.05, 0.1) is 5.69 Å². The van der Waals surface area contributed by atoms with Crippen LogP contribution in [0.4, 0.5) is 11.8 Å². The molecule has 0 aliphatic heterocycles. The number of rotatable bonds is 5. The van der Waals surface area contributed by atoms with Gasteiger partial charge < -0.3 is 16.0 Å². The summed E-state index contributed by atoms with van der Waals surface area (Å²) >= 11 is 0. The van der Waals surface area contributed by atoms with Crippen molar-refractivity contribution in [3.8, 4) is 11.3 Å². The molecule has 6 heteroatoms. The second-order valence-corrected chi connectivity index (χ2v) is 5.74. The molecule has 4 aromatic rings. The summed E-state index contributed by atoms with van der Waals surface area (Å²) in [6.07, 6.45) is 4.51. The number of nitrogens with two attached hydrogens (primary N) is 1. The SMILES string of the molecule is Nc1cc(-c2cccc3[nH]ccc23)nc(NCCc2ccccn2)n1. The standard InChI is InChI=1S/C19H18N6/c20-18-12-17(14-5-3-6-16-15(14)8-11-22-16)24-19(25-18)23-10-7-13-4-1-2-9-21-13/h1-6,8-9,11-12,22H,7,10H2,(H3,20,23,24,25). The van der Waals surface area contributed by atoms with Crippen LogP contribution in [-0.2, 0) is 6.42 Å². The number of fused-ring (bicyclic) bond motifs is 1. The summed E-state index contributed by atoms with van der Waals surface area (Å²) in [5.41, 5.74) is 9.91. The lowest BCUT2D eigenvalue weighted by molar-refractivity contribution is 0.943. The third-order valence-electron chi connectivity index (χ3n) is 4.01. The molecule has 0 atom stereocenters. The van der Waals surface area contributed by atoms with Crippen LogP contribution < -0.4 is 11.1 Å². The van der Waals surface area contributed by atoms with Gasteiger partial charge in [-0.25, -0.2) is 4.98 Å². The fourth-order valence-electron chi connectivity index (χ4n) is 2.84. The maximum atomic E-state index is 5.99. The lowest BCUT2D eigenvalue weighted by Gasteiger charge is -2.09. The van der Waals surface area contributed by atoms with E-state index < -0.39 is 0 Å². The van der Waals surface area contributed by atoms with Crippen molar-refractivity contribution in [2.75, 3.05) is 17.6 Å². The van der Waals surface area contributed by atoms with Crippen LogP contribution in [0, 0.1) is 0 Å². The van der Waals surface area contributed by atoms with Crippen molar-refractivity contribution in [2.45, 2.75) is 6.42 Å². The first kappa shape index (κ1) is 15.1. The Morgan fingerprint density at radius 1 is 1.04 bits per heavy atom. The molecule has 0 unspecified atom stereocenters. The van der Waals surface area contributed by atoms with Crippen molar-refractivity contribution in [3.63, 3.8) is 0 Å². The van der Waals surface area contributed by atoms with Crippen molar-refractivity contribution < 1.29 is 0 Å². The highest BCUT2D eigenvalue weighted by Gasteiger charge is 2.09. The van der Waals surface area contributed by atoms with E-state index in [-0.39, 0.29) is 0 Å². The maximum absolute atomic E-state index is 5.99. The second-order valence-electron chi connectivity index (χ2n) is 5.74. The number of nitrogen functional groups attached to an aromatic ring is 1. The average molecular weight is 330 g/mol. The zero-order valence-corrected chi connectivity index (χ0v) is 13.6. The van der Waals surface area contributed by atoms with E-state index >= 15 is 0 Å². The molecule has 3 heterocycles. The molecule has 0 aliphatic carbocycles. The molecule has 0 radical (unpaired) electrons. The number of aromatic nitrogens is 4. The topological polar surface area (TPSA) is 92.5 Å². The Kier molecular flexibility index (Phi) is 4.00. The van der Waals surface area contributed by atoms with Gasteiger partial charge in [0.1, 0.15) is 5.82 Å². The van der Waals surface area contributed by atoms with Crippen LogP contribution in [0.3, 0.4) is 0 Å². The Hall–Kier alpha value is -3.41. The monoisotopic (exact) mass is 330 g/mol. The number of nitrogens with zero attached hydrogens (tertiary/aromatic N) is 3. The quantitative estimate of drug-likeness (QED) is 0.522. The highest BCUT2D eigenvalue weighted by atomic mass is 15.1. The van der Waals surface area contributed by atoms with Gasteiger partial charge in [0.15, 0.2) is 0 Å². The smallest absolute Gasteiger partial charge is 0.225 e.